The van der Waals surface area contributed by atoms with Crippen molar-refractivity contribution in [3.8, 4) is 0 Å². The summed E-state index contributed by atoms with van der Waals surface area (Å²) in [6.45, 7) is 4.55. The largest absolute Gasteiger partial charge is 0.344 e. The van der Waals surface area contributed by atoms with Crippen LogP contribution >= 0.6 is 0 Å². The molecule has 2 aliphatic rings. The van der Waals surface area contributed by atoms with Crippen molar-refractivity contribution in [3.05, 3.63) is 29.3 Å². The smallest absolute Gasteiger partial charge is 0.249 e. The monoisotopic (exact) mass is 272 g/mol. The van der Waals surface area contributed by atoms with E-state index in [1.807, 2.05) is 32.0 Å². The number of hydrogen-bond acceptors (Lipinski definition) is 2. The van der Waals surface area contributed by atoms with E-state index in [0.717, 1.165) is 24.1 Å². The second kappa shape index (κ2) is 4.93. The number of rotatable bonds is 2. The Bertz CT molecular complexity index is 564. The first-order valence-corrected chi connectivity index (χ1v) is 7.25. The molecule has 1 saturated heterocycles. The van der Waals surface area contributed by atoms with E-state index in [-0.39, 0.29) is 17.9 Å². The molecule has 0 aromatic heterocycles. The van der Waals surface area contributed by atoms with Gasteiger partial charge in [-0.05, 0) is 49.8 Å². The van der Waals surface area contributed by atoms with E-state index in [0.29, 0.717) is 18.9 Å². The Hall–Kier alpha value is -1.84. The number of carbonyl (C=O) groups excluding carboxylic acids is 2. The Morgan fingerprint density at radius 1 is 1.20 bits per heavy atom. The van der Waals surface area contributed by atoms with Gasteiger partial charge in [0.25, 0.3) is 0 Å². The second-order valence-corrected chi connectivity index (χ2v) is 5.84. The summed E-state index contributed by atoms with van der Waals surface area (Å²) in [6.07, 6.45) is 2.46. The Morgan fingerprint density at radius 2 is 1.95 bits per heavy atom. The second-order valence-electron chi connectivity index (χ2n) is 5.84. The standard InChI is InChI=1S/C16H20N2O2/c1-10-4-3-5-13(11(10)2)18-9-8-14(19)17-15(16(18)20)12-6-7-12/h3-5,12,15H,6-9H2,1-2H3,(H,17,19). The lowest BCUT2D eigenvalue weighted by Crippen LogP contribution is -2.46. The molecule has 0 spiro atoms. The third-order valence-electron chi connectivity index (χ3n) is 4.37. The van der Waals surface area contributed by atoms with Gasteiger partial charge in [-0.1, -0.05) is 12.1 Å². The Labute approximate surface area is 119 Å². The number of carbonyl (C=O) groups is 2. The van der Waals surface area contributed by atoms with Gasteiger partial charge in [-0.2, -0.15) is 0 Å². The number of nitrogens with zero attached hydrogens (tertiary/aromatic N) is 1. The van der Waals surface area contributed by atoms with Crippen molar-refractivity contribution >= 4 is 17.5 Å². The summed E-state index contributed by atoms with van der Waals surface area (Å²) in [5.41, 5.74) is 3.23. The molecule has 106 valence electrons. The van der Waals surface area contributed by atoms with Gasteiger partial charge in [0.05, 0.1) is 0 Å². The van der Waals surface area contributed by atoms with Gasteiger partial charge in [0.15, 0.2) is 0 Å². The van der Waals surface area contributed by atoms with Gasteiger partial charge in [-0.15, -0.1) is 0 Å². The molecule has 1 aliphatic carbocycles. The van der Waals surface area contributed by atoms with Crippen LogP contribution < -0.4 is 10.2 Å². The summed E-state index contributed by atoms with van der Waals surface area (Å²) in [5.74, 6) is 0.368. The molecule has 0 radical (unpaired) electrons. The van der Waals surface area contributed by atoms with E-state index in [1.165, 1.54) is 5.56 Å². The molecule has 1 unspecified atom stereocenters. The van der Waals surface area contributed by atoms with Crippen LogP contribution in [0, 0.1) is 19.8 Å². The highest BCUT2D eigenvalue weighted by atomic mass is 16.2. The molecule has 2 amide bonds. The van der Waals surface area contributed by atoms with Gasteiger partial charge < -0.3 is 10.2 Å². The summed E-state index contributed by atoms with van der Waals surface area (Å²) >= 11 is 0. The molecule has 1 aliphatic heterocycles. The summed E-state index contributed by atoms with van der Waals surface area (Å²) in [5, 5.41) is 2.89. The minimum atomic E-state index is -0.329. The van der Waals surface area contributed by atoms with Gasteiger partial charge >= 0.3 is 0 Å². The minimum absolute atomic E-state index is 0.0111. The third kappa shape index (κ3) is 2.30. The molecule has 1 aromatic carbocycles. The molecule has 20 heavy (non-hydrogen) atoms. The van der Waals surface area contributed by atoms with Crippen molar-refractivity contribution in [1.29, 1.82) is 0 Å². The molecule has 0 bridgehead atoms. The van der Waals surface area contributed by atoms with Crippen LogP contribution in [0.15, 0.2) is 18.2 Å². The number of hydrogen-bond donors (Lipinski definition) is 1. The Morgan fingerprint density at radius 3 is 2.65 bits per heavy atom. The molecule has 1 atom stereocenters. The average Bonchev–Trinajstić information content (AvgIpc) is 3.24. The summed E-state index contributed by atoms with van der Waals surface area (Å²) in [6, 6.07) is 5.66. The van der Waals surface area contributed by atoms with Crippen molar-refractivity contribution < 1.29 is 9.59 Å². The van der Waals surface area contributed by atoms with Crippen LogP contribution in [-0.2, 0) is 9.59 Å². The van der Waals surface area contributed by atoms with Crippen LogP contribution in [0.1, 0.15) is 30.4 Å². The summed E-state index contributed by atoms with van der Waals surface area (Å²) in [7, 11) is 0. The predicted molar refractivity (Wildman–Crippen MR) is 77.5 cm³/mol. The highest BCUT2D eigenvalue weighted by molar-refractivity contribution is 6.02. The average molecular weight is 272 g/mol. The zero-order valence-electron chi connectivity index (χ0n) is 12.0. The van der Waals surface area contributed by atoms with Crippen molar-refractivity contribution in [2.24, 2.45) is 5.92 Å². The fourth-order valence-electron chi connectivity index (χ4n) is 2.82. The highest BCUT2D eigenvalue weighted by Crippen LogP contribution is 2.35. The lowest BCUT2D eigenvalue weighted by atomic mass is 10.1. The van der Waals surface area contributed by atoms with Gasteiger partial charge in [-0.25, -0.2) is 0 Å². The van der Waals surface area contributed by atoms with E-state index in [2.05, 4.69) is 5.32 Å². The number of anilines is 1. The topological polar surface area (TPSA) is 49.4 Å². The summed E-state index contributed by atoms with van der Waals surface area (Å²) in [4.78, 5) is 26.4. The first kappa shape index (κ1) is 13.2. The van der Waals surface area contributed by atoms with Crippen LogP contribution in [-0.4, -0.2) is 24.4 Å². The first-order chi connectivity index (χ1) is 9.58. The van der Waals surface area contributed by atoms with Gasteiger partial charge in [0, 0.05) is 18.7 Å². The molecule has 3 rings (SSSR count). The molecule has 1 saturated carbocycles. The lowest BCUT2D eigenvalue weighted by molar-refractivity contribution is -0.126. The highest BCUT2D eigenvalue weighted by Gasteiger charge is 2.41. The molecule has 2 fully saturated rings. The Kier molecular flexibility index (Phi) is 3.24. The van der Waals surface area contributed by atoms with Crippen LogP contribution in [0.25, 0.3) is 0 Å². The summed E-state index contributed by atoms with van der Waals surface area (Å²) < 4.78 is 0. The molecule has 1 heterocycles. The molecule has 4 heteroatoms. The third-order valence-corrected chi connectivity index (χ3v) is 4.37. The maximum absolute atomic E-state index is 12.7. The van der Waals surface area contributed by atoms with Gasteiger partial charge in [-0.3, -0.25) is 9.59 Å². The maximum atomic E-state index is 12.7. The van der Waals surface area contributed by atoms with Crippen LogP contribution in [0.2, 0.25) is 0 Å². The molecular weight excluding hydrogens is 252 g/mol. The fourth-order valence-corrected chi connectivity index (χ4v) is 2.82. The van der Waals surface area contributed by atoms with Gasteiger partial charge in [0.2, 0.25) is 11.8 Å². The van der Waals surface area contributed by atoms with Crippen LogP contribution in [0.5, 0.6) is 0 Å². The van der Waals surface area contributed by atoms with Crippen molar-refractivity contribution in [2.45, 2.75) is 39.2 Å². The Balaban J connectivity index is 1.96. The van der Waals surface area contributed by atoms with E-state index >= 15 is 0 Å². The molecular formula is C16H20N2O2. The van der Waals surface area contributed by atoms with E-state index in [9.17, 15) is 9.59 Å². The van der Waals surface area contributed by atoms with E-state index < -0.39 is 0 Å². The number of benzene rings is 1. The number of aryl methyl sites for hydroxylation is 1. The first-order valence-electron chi connectivity index (χ1n) is 7.25. The van der Waals surface area contributed by atoms with E-state index in [1.54, 1.807) is 4.90 Å². The lowest BCUT2D eigenvalue weighted by Gasteiger charge is -2.26. The van der Waals surface area contributed by atoms with Crippen LogP contribution in [0.4, 0.5) is 5.69 Å². The predicted octanol–water partition coefficient (Wildman–Crippen LogP) is 1.93. The molecule has 1 aromatic rings. The number of nitrogens with one attached hydrogen (secondary N) is 1. The fraction of sp³-hybridized carbons (Fsp3) is 0.500. The normalized spacial score (nSPS) is 23.5. The van der Waals surface area contributed by atoms with E-state index in [4.69, 9.17) is 0 Å². The minimum Gasteiger partial charge on any atom is -0.344 e. The quantitative estimate of drug-likeness (QED) is 0.894. The van der Waals surface area contributed by atoms with Crippen molar-refractivity contribution in [3.63, 3.8) is 0 Å². The zero-order chi connectivity index (χ0) is 14.3. The number of amides is 2. The SMILES string of the molecule is Cc1cccc(N2CCC(=O)NC(C3CC3)C2=O)c1C. The van der Waals surface area contributed by atoms with Crippen molar-refractivity contribution in [2.75, 3.05) is 11.4 Å². The molecule has 1 N–H and O–H groups in total. The van der Waals surface area contributed by atoms with Crippen molar-refractivity contribution in [1.82, 2.24) is 5.32 Å². The van der Waals surface area contributed by atoms with Crippen LogP contribution in [0.3, 0.4) is 0 Å². The molecule has 4 nitrogen and oxygen atoms in total. The van der Waals surface area contributed by atoms with Gasteiger partial charge in [0.1, 0.15) is 6.04 Å². The zero-order valence-corrected chi connectivity index (χ0v) is 12.0. The maximum Gasteiger partial charge on any atom is 0.249 e.